The zero-order valence-corrected chi connectivity index (χ0v) is 24.1. The minimum atomic E-state index is -1.57. The van der Waals surface area contributed by atoms with Gasteiger partial charge in [-0.1, -0.05) is 26.3 Å². The Morgan fingerprint density at radius 2 is 1.42 bits per heavy atom. The van der Waals surface area contributed by atoms with Gasteiger partial charge < -0.3 is 29.4 Å². The second kappa shape index (κ2) is 13.6. The van der Waals surface area contributed by atoms with Crippen molar-refractivity contribution in [2.75, 3.05) is 20.3 Å². The zero-order valence-electron chi connectivity index (χ0n) is 24.1. The van der Waals surface area contributed by atoms with Gasteiger partial charge in [0.15, 0.2) is 11.5 Å². The van der Waals surface area contributed by atoms with Gasteiger partial charge in [0.1, 0.15) is 5.54 Å². The maximum absolute atomic E-state index is 12.6. The number of hydrogen-bond donors (Lipinski definition) is 1. The quantitative estimate of drug-likeness (QED) is 0.315. The van der Waals surface area contributed by atoms with Crippen molar-refractivity contribution in [3.63, 3.8) is 0 Å². The molecule has 10 nitrogen and oxygen atoms in total. The van der Waals surface area contributed by atoms with Crippen LogP contribution in [0, 0.1) is 16.7 Å². The number of carbonyl (C=O) groups is 4. The van der Waals surface area contributed by atoms with E-state index < -0.39 is 40.4 Å². The molecule has 1 aromatic rings. The molecule has 0 heterocycles. The van der Waals surface area contributed by atoms with Crippen LogP contribution in [0.4, 0.5) is 4.79 Å². The molecule has 1 aromatic carbocycles. The van der Waals surface area contributed by atoms with Crippen molar-refractivity contribution in [3.05, 3.63) is 23.8 Å². The molecule has 0 fully saturated rings. The summed E-state index contributed by atoms with van der Waals surface area (Å²) in [6.45, 7) is 14.1. The van der Waals surface area contributed by atoms with Crippen molar-refractivity contribution in [1.82, 2.24) is 0 Å². The molecule has 214 valence electrons. The summed E-state index contributed by atoms with van der Waals surface area (Å²) in [5, 5.41) is 0. The SMILES string of the molecule is CC[C@H](C)COC(=O)OCCC(N)(Cc1ccc(OC(=O)C(C)(C)C)c(OC(=O)C(C)(C)C)c1)C(=O)OC. The van der Waals surface area contributed by atoms with Crippen LogP contribution in [0.3, 0.4) is 0 Å². The summed E-state index contributed by atoms with van der Waals surface area (Å²) in [7, 11) is 1.21. The molecule has 1 unspecified atom stereocenters. The van der Waals surface area contributed by atoms with Crippen molar-refractivity contribution in [2.24, 2.45) is 22.5 Å². The molecule has 1 rings (SSSR count). The third kappa shape index (κ3) is 10.3. The van der Waals surface area contributed by atoms with E-state index in [0.717, 1.165) is 6.42 Å². The zero-order chi connectivity index (χ0) is 29.3. The van der Waals surface area contributed by atoms with E-state index in [1.807, 2.05) is 13.8 Å². The van der Waals surface area contributed by atoms with Crippen LogP contribution in [0.1, 0.15) is 73.8 Å². The van der Waals surface area contributed by atoms with Gasteiger partial charge in [-0.15, -0.1) is 0 Å². The highest BCUT2D eigenvalue weighted by Crippen LogP contribution is 2.33. The molecular weight excluding hydrogens is 494 g/mol. The lowest BCUT2D eigenvalue weighted by Gasteiger charge is -2.27. The molecule has 10 heteroatoms. The number of methoxy groups -OCH3 is 1. The van der Waals surface area contributed by atoms with Crippen molar-refractivity contribution in [2.45, 2.75) is 80.2 Å². The fourth-order valence-corrected chi connectivity index (χ4v) is 2.85. The Hall–Kier alpha value is -3.14. The highest BCUT2D eigenvalue weighted by atomic mass is 16.7. The van der Waals surface area contributed by atoms with E-state index in [4.69, 9.17) is 29.4 Å². The highest BCUT2D eigenvalue weighted by molar-refractivity contribution is 5.82. The third-order valence-corrected chi connectivity index (χ3v) is 5.70. The second-order valence-corrected chi connectivity index (χ2v) is 11.6. The van der Waals surface area contributed by atoms with Gasteiger partial charge in [-0.25, -0.2) is 4.79 Å². The van der Waals surface area contributed by atoms with Gasteiger partial charge in [0.25, 0.3) is 0 Å². The van der Waals surface area contributed by atoms with Crippen LogP contribution in [-0.4, -0.2) is 49.9 Å². The Morgan fingerprint density at radius 3 is 1.92 bits per heavy atom. The van der Waals surface area contributed by atoms with Gasteiger partial charge in [0.2, 0.25) is 0 Å². The predicted octanol–water partition coefficient (Wildman–Crippen LogP) is 4.59. The summed E-state index contributed by atoms with van der Waals surface area (Å²) in [4.78, 5) is 49.6. The lowest BCUT2D eigenvalue weighted by molar-refractivity contribution is -0.148. The maximum atomic E-state index is 12.6. The Kier molecular flexibility index (Phi) is 11.8. The number of rotatable bonds is 11. The van der Waals surface area contributed by atoms with Gasteiger partial charge >= 0.3 is 24.1 Å². The fraction of sp³-hybridized carbons (Fsp3) is 0.643. The van der Waals surface area contributed by atoms with Gasteiger partial charge in [-0.2, -0.15) is 0 Å². The summed E-state index contributed by atoms with van der Waals surface area (Å²) < 4.78 is 26.1. The molecular formula is C28H43NO9. The molecule has 2 N–H and O–H groups in total. The first-order chi connectivity index (χ1) is 17.4. The number of nitrogens with two attached hydrogens (primary N) is 1. The van der Waals surface area contributed by atoms with Gasteiger partial charge in [-0.05, 0) is 65.2 Å². The van der Waals surface area contributed by atoms with Crippen LogP contribution in [0.2, 0.25) is 0 Å². The first-order valence-electron chi connectivity index (χ1n) is 12.7. The van der Waals surface area contributed by atoms with E-state index in [1.165, 1.54) is 19.2 Å². The first kappa shape index (κ1) is 32.9. The molecule has 0 saturated heterocycles. The molecule has 0 bridgehead atoms. The standard InChI is InChI=1S/C28H43NO9/c1-10-18(2)17-36-25(33)35-14-13-28(29,24(32)34-9)16-19-11-12-20(37-22(30)26(3,4)5)21(15-19)38-23(31)27(6,7)8/h11-12,15,18H,10,13-14,16-17,29H2,1-9H3/t18-,28?/m0/s1. The minimum Gasteiger partial charge on any atom is -0.468 e. The van der Waals surface area contributed by atoms with E-state index in [0.29, 0.717) is 5.56 Å². The Balaban J connectivity index is 3.17. The topological polar surface area (TPSA) is 140 Å². The summed E-state index contributed by atoms with van der Waals surface area (Å²) in [5.74, 6) is -1.52. The van der Waals surface area contributed by atoms with Crippen LogP contribution < -0.4 is 15.2 Å². The van der Waals surface area contributed by atoms with Crippen LogP contribution >= 0.6 is 0 Å². The molecule has 0 aliphatic rings. The maximum Gasteiger partial charge on any atom is 0.508 e. The summed E-state index contributed by atoms with van der Waals surface area (Å²) in [6.07, 6.45) is -0.101. The largest absolute Gasteiger partial charge is 0.508 e. The van der Waals surface area contributed by atoms with Crippen molar-refractivity contribution in [3.8, 4) is 11.5 Å². The minimum absolute atomic E-state index is 0.0112. The number of benzene rings is 1. The molecule has 0 amide bonds. The smallest absolute Gasteiger partial charge is 0.468 e. The Morgan fingerprint density at radius 1 is 0.868 bits per heavy atom. The monoisotopic (exact) mass is 537 g/mol. The molecule has 2 atom stereocenters. The third-order valence-electron chi connectivity index (χ3n) is 5.70. The lowest BCUT2D eigenvalue weighted by Crippen LogP contribution is -2.51. The van der Waals surface area contributed by atoms with Gasteiger partial charge in [0, 0.05) is 12.8 Å². The molecule has 0 radical (unpaired) electrons. The number of ether oxygens (including phenoxy) is 5. The number of esters is 3. The number of hydrogen-bond acceptors (Lipinski definition) is 10. The summed E-state index contributed by atoms with van der Waals surface area (Å²) in [5.41, 5.74) is 3.72. The van der Waals surface area contributed by atoms with Crippen molar-refractivity contribution >= 4 is 24.1 Å². The highest BCUT2D eigenvalue weighted by Gasteiger charge is 2.36. The lowest BCUT2D eigenvalue weighted by atomic mass is 9.88. The van der Waals surface area contributed by atoms with E-state index in [-0.39, 0.29) is 43.5 Å². The average molecular weight is 538 g/mol. The molecule has 38 heavy (non-hydrogen) atoms. The van der Waals surface area contributed by atoms with Crippen LogP contribution in [0.15, 0.2) is 18.2 Å². The average Bonchev–Trinajstić information content (AvgIpc) is 2.82. The van der Waals surface area contributed by atoms with E-state index in [9.17, 15) is 19.2 Å². The Labute approximate surface area is 225 Å². The predicted molar refractivity (Wildman–Crippen MR) is 141 cm³/mol. The Bertz CT molecular complexity index is 991. The van der Waals surface area contributed by atoms with E-state index in [2.05, 4.69) is 0 Å². The van der Waals surface area contributed by atoms with E-state index in [1.54, 1.807) is 47.6 Å². The first-order valence-corrected chi connectivity index (χ1v) is 12.7. The van der Waals surface area contributed by atoms with Crippen LogP contribution in [0.5, 0.6) is 11.5 Å². The molecule has 0 spiro atoms. The molecule has 0 aromatic heterocycles. The second-order valence-electron chi connectivity index (χ2n) is 11.6. The summed E-state index contributed by atoms with van der Waals surface area (Å²) in [6, 6.07) is 4.57. The summed E-state index contributed by atoms with van der Waals surface area (Å²) >= 11 is 0. The van der Waals surface area contributed by atoms with Crippen molar-refractivity contribution in [1.29, 1.82) is 0 Å². The van der Waals surface area contributed by atoms with Crippen LogP contribution in [-0.2, 0) is 35.0 Å². The fourth-order valence-electron chi connectivity index (χ4n) is 2.85. The van der Waals surface area contributed by atoms with Crippen LogP contribution in [0.25, 0.3) is 0 Å². The normalized spacial score (nSPS) is 14.1. The molecule has 0 aliphatic heterocycles. The molecule has 0 saturated carbocycles. The van der Waals surface area contributed by atoms with Gasteiger partial charge in [0.05, 0.1) is 31.2 Å². The van der Waals surface area contributed by atoms with E-state index >= 15 is 0 Å². The van der Waals surface area contributed by atoms with Gasteiger partial charge in [-0.3, -0.25) is 14.4 Å². The van der Waals surface area contributed by atoms with Crippen molar-refractivity contribution < 1.29 is 42.9 Å². The molecule has 0 aliphatic carbocycles. The number of carbonyl (C=O) groups excluding carboxylic acids is 4.